The number of hydrogen-bond acceptors (Lipinski definition) is 3. The standard InChI is InChI=1S/C15H20BrN3O4/c1-10-4-5-11(16)9-12(10)19-13(20)6-8-18-15(23)17-7-2-3-14(21)22/h4-5,9H,2-3,6-8H2,1H3,(H,19,20)(H,21,22)(H2,17,18,23). The lowest BCUT2D eigenvalue weighted by atomic mass is 10.2. The first kappa shape index (κ1) is 19.0. The second-order valence-electron chi connectivity index (χ2n) is 4.94. The second kappa shape index (κ2) is 9.83. The third-order valence-electron chi connectivity index (χ3n) is 2.96. The van der Waals surface area contributed by atoms with E-state index in [-0.39, 0.29) is 31.8 Å². The van der Waals surface area contributed by atoms with E-state index in [1.165, 1.54) is 0 Å². The number of aryl methyl sites for hydroxylation is 1. The van der Waals surface area contributed by atoms with Crippen LogP contribution in [0.15, 0.2) is 22.7 Å². The van der Waals surface area contributed by atoms with Gasteiger partial charge in [0.25, 0.3) is 0 Å². The summed E-state index contributed by atoms with van der Waals surface area (Å²) in [7, 11) is 0. The Morgan fingerprint density at radius 2 is 1.83 bits per heavy atom. The van der Waals surface area contributed by atoms with Crippen molar-refractivity contribution in [1.29, 1.82) is 0 Å². The van der Waals surface area contributed by atoms with Gasteiger partial charge >= 0.3 is 12.0 Å². The van der Waals surface area contributed by atoms with Gasteiger partial charge in [0.05, 0.1) is 0 Å². The molecule has 0 radical (unpaired) electrons. The molecule has 0 bridgehead atoms. The number of benzene rings is 1. The van der Waals surface area contributed by atoms with Crippen LogP contribution in [0.1, 0.15) is 24.8 Å². The van der Waals surface area contributed by atoms with Crippen LogP contribution in [0.4, 0.5) is 10.5 Å². The fourth-order valence-corrected chi connectivity index (χ4v) is 2.10. The minimum absolute atomic E-state index is 0.00860. The van der Waals surface area contributed by atoms with Crippen LogP contribution in [0, 0.1) is 6.92 Å². The number of nitrogens with one attached hydrogen (secondary N) is 3. The fraction of sp³-hybridized carbons (Fsp3) is 0.400. The lowest BCUT2D eigenvalue weighted by Gasteiger charge is -2.10. The normalized spacial score (nSPS) is 10.0. The van der Waals surface area contributed by atoms with Crippen LogP contribution in [0.25, 0.3) is 0 Å². The Balaban J connectivity index is 2.22. The summed E-state index contributed by atoms with van der Waals surface area (Å²) in [5.41, 5.74) is 1.67. The molecule has 4 N–H and O–H groups in total. The summed E-state index contributed by atoms with van der Waals surface area (Å²) in [5.74, 6) is -1.09. The third-order valence-corrected chi connectivity index (χ3v) is 3.46. The van der Waals surface area contributed by atoms with Crippen molar-refractivity contribution in [2.45, 2.75) is 26.2 Å². The molecule has 1 aromatic carbocycles. The molecule has 0 spiro atoms. The van der Waals surface area contributed by atoms with Crippen LogP contribution >= 0.6 is 15.9 Å². The lowest BCUT2D eigenvalue weighted by molar-refractivity contribution is -0.137. The molecular formula is C15H20BrN3O4. The third kappa shape index (κ3) is 8.20. The number of halogens is 1. The molecule has 8 heteroatoms. The Labute approximate surface area is 143 Å². The minimum atomic E-state index is -0.897. The van der Waals surface area contributed by atoms with Crippen molar-refractivity contribution in [3.63, 3.8) is 0 Å². The van der Waals surface area contributed by atoms with E-state index in [4.69, 9.17) is 5.11 Å². The highest BCUT2D eigenvalue weighted by Crippen LogP contribution is 2.20. The quantitative estimate of drug-likeness (QED) is 0.514. The van der Waals surface area contributed by atoms with Crippen molar-refractivity contribution in [3.8, 4) is 0 Å². The van der Waals surface area contributed by atoms with Gasteiger partial charge in [-0.05, 0) is 31.0 Å². The van der Waals surface area contributed by atoms with Crippen molar-refractivity contribution in [1.82, 2.24) is 10.6 Å². The Morgan fingerprint density at radius 3 is 2.52 bits per heavy atom. The number of rotatable bonds is 8. The van der Waals surface area contributed by atoms with Crippen molar-refractivity contribution < 1.29 is 19.5 Å². The van der Waals surface area contributed by atoms with Gasteiger partial charge in [-0.15, -0.1) is 0 Å². The largest absolute Gasteiger partial charge is 0.481 e. The monoisotopic (exact) mass is 385 g/mol. The Morgan fingerprint density at radius 1 is 1.13 bits per heavy atom. The maximum absolute atomic E-state index is 11.8. The van der Waals surface area contributed by atoms with Crippen molar-refractivity contribution >= 4 is 39.5 Å². The van der Waals surface area contributed by atoms with E-state index in [9.17, 15) is 14.4 Å². The van der Waals surface area contributed by atoms with E-state index in [1.807, 2.05) is 25.1 Å². The number of carbonyl (C=O) groups is 3. The SMILES string of the molecule is Cc1ccc(Br)cc1NC(=O)CCNC(=O)NCCCC(=O)O. The molecule has 23 heavy (non-hydrogen) atoms. The molecule has 0 unspecified atom stereocenters. The molecule has 0 saturated carbocycles. The van der Waals surface area contributed by atoms with E-state index in [1.54, 1.807) is 0 Å². The smallest absolute Gasteiger partial charge is 0.314 e. The second-order valence-corrected chi connectivity index (χ2v) is 5.85. The number of aliphatic carboxylic acids is 1. The highest BCUT2D eigenvalue weighted by atomic mass is 79.9. The molecular weight excluding hydrogens is 366 g/mol. The first-order chi connectivity index (χ1) is 10.9. The molecule has 0 atom stereocenters. The summed E-state index contributed by atoms with van der Waals surface area (Å²) >= 11 is 3.34. The predicted molar refractivity (Wildman–Crippen MR) is 90.4 cm³/mol. The van der Waals surface area contributed by atoms with Gasteiger partial charge in [-0.2, -0.15) is 0 Å². The van der Waals surface area contributed by atoms with Crippen molar-refractivity contribution in [3.05, 3.63) is 28.2 Å². The fourth-order valence-electron chi connectivity index (χ4n) is 1.74. The minimum Gasteiger partial charge on any atom is -0.481 e. The molecule has 0 aliphatic carbocycles. The molecule has 0 heterocycles. The average Bonchev–Trinajstić information content (AvgIpc) is 2.47. The summed E-state index contributed by atoms with van der Waals surface area (Å²) < 4.78 is 0.872. The van der Waals surface area contributed by atoms with Crippen LogP contribution in [-0.2, 0) is 9.59 Å². The zero-order valence-corrected chi connectivity index (χ0v) is 14.4. The summed E-state index contributed by atoms with van der Waals surface area (Å²) in [6.45, 7) is 2.37. The Hall–Kier alpha value is -2.09. The number of carbonyl (C=O) groups excluding carboxylic acids is 2. The molecule has 126 valence electrons. The zero-order valence-electron chi connectivity index (χ0n) is 12.8. The zero-order chi connectivity index (χ0) is 17.2. The lowest BCUT2D eigenvalue weighted by Crippen LogP contribution is -2.37. The molecule has 0 aliphatic heterocycles. The van der Waals surface area contributed by atoms with E-state index >= 15 is 0 Å². The highest BCUT2D eigenvalue weighted by molar-refractivity contribution is 9.10. The van der Waals surface area contributed by atoms with Gasteiger partial charge in [0, 0.05) is 36.1 Å². The predicted octanol–water partition coefficient (Wildman–Crippen LogP) is 2.25. The van der Waals surface area contributed by atoms with E-state index < -0.39 is 12.0 Å². The van der Waals surface area contributed by atoms with Crippen molar-refractivity contribution in [2.24, 2.45) is 0 Å². The molecule has 0 aromatic heterocycles. The van der Waals surface area contributed by atoms with Gasteiger partial charge in [-0.1, -0.05) is 22.0 Å². The number of urea groups is 1. The maximum Gasteiger partial charge on any atom is 0.314 e. The summed E-state index contributed by atoms with van der Waals surface area (Å²) in [5, 5.41) is 16.3. The first-order valence-corrected chi connectivity index (χ1v) is 7.97. The van der Waals surface area contributed by atoms with Crippen LogP contribution in [0.3, 0.4) is 0 Å². The molecule has 3 amide bonds. The topological polar surface area (TPSA) is 108 Å². The van der Waals surface area contributed by atoms with Gasteiger partial charge in [0.2, 0.25) is 5.91 Å². The van der Waals surface area contributed by atoms with E-state index in [2.05, 4.69) is 31.9 Å². The highest BCUT2D eigenvalue weighted by Gasteiger charge is 2.07. The van der Waals surface area contributed by atoms with E-state index in [0.717, 1.165) is 15.7 Å². The Kier molecular flexibility index (Phi) is 8.10. The molecule has 1 rings (SSSR count). The maximum atomic E-state index is 11.8. The van der Waals surface area contributed by atoms with Gasteiger partial charge < -0.3 is 21.1 Å². The molecule has 7 nitrogen and oxygen atoms in total. The number of carboxylic acids is 1. The molecule has 0 saturated heterocycles. The first-order valence-electron chi connectivity index (χ1n) is 7.18. The van der Waals surface area contributed by atoms with Crippen LogP contribution < -0.4 is 16.0 Å². The van der Waals surface area contributed by atoms with Gasteiger partial charge in [-0.25, -0.2) is 4.79 Å². The molecule has 1 aromatic rings. The summed E-state index contributed by atoms with van der Waals surface area (Å²) in [6, 6.07) is 5.18. The number of carboxylic acid groups (broad SMARTS) is 1. The van der Waals surface area contributed by atoms with Crippen LogP contribution in [0.5, 0.6) is 0 Å². The summed E-state index contributed by atoms with van der Waals surface area (Å²) in [6.07, 6.45) is 0.522. The number of amides is 3. The van der Waals surface area contributed by atoms with Crippen molar-refractivity contribution in [2.75, 3.05) is 18.4 Å². The molecule has 0 aliphatic rings. The van der Waals surface area contributed by atoms with Crippen LogP contribution in [0.2, 0.25) is 0 Å². The Bertz CT molecular complexity index is 578. The number of hydrogen-bond donors (Lipinski definition) is 4. The summed E-state index contributed by atoms with van der Waals surface area (Å²) in [4.78, 5) is 33.6. The van der Waals surface area contributed by atoms with Gasteiger partial charge in [-0.3, -0.25) is 9.59 Å². The van der Waals surface area contributed by atoms with Crippen LogP contribution in [-0.4, -0.2) is 36.1 Å². The van der Waals surface area contributed by atoms with Gasteiger partial charge in [0.15, 0.2) is 0 Å². The average molecular weight is 386 g/mol. The number of anilines is 1. The molecule has 0 fully saturated rings. The van der Waals surface area contributed by atoms with Gasteiger partial charge in [0.1, 0.15) is 0 Å². The van der Waals surface area contributed by atoms with E-state index in [0.29, 0.717) is 6.42 Å².